The zero-order valence-corrected chi connectivity index (χ0v) is 8.62. The molecule has 0 aromatic heterocycles. The van der Waals surface area contributed by atoms with E-state index >= 15 is 0 Å². The number of carbonyl (C=O) groups is 2. The van der Waals surface area contributed by atoms with Crippen LogP contribution in [0.15, 0.2) is 25.5 Å². The highest BCUT2D eigenvalue weighted by Crippen LogP contribution is 1.89. The highest BCUT2D eigenvalue weighted by Gasteiger charge is 1.94. The Kier molecular flexibility index (Phi) is 12.2. The van der Waals surface area contributed by atoms with Crippen LogP contribution in [0.5, 0.6) is 0 Å². The van der Waals surface area contributed by atoms with Gasteiger partial charge in [0.25, 0.3) is 0 Å². The smallest absolute Gasteiger partial charge is 0.329 e. The lowest BCUT2D eigenvalue weighted by Crippen LogP contribution is -1.96. The second-order valence-electron chi connectivity index (χ2n) is 2.13. The standard InChI is InChI=1S/C6H10O2.C4H6O2/c1-3-5-6(7)8-4-2;1-3-4(5)6-2/h4H,2-3,5H2,1H3;3H,1H2,2H3. The molecule has 0 aliphatic heterocycles. The van der Waals surface area contributed by atoms with Gasteiger partial charge in [-0.1, -0.05) is 20.1 Å². The average Bonchev–Trinajstić information content (AvgIpc) is 2.18. The van der Waals surface area contributed by atoms with Crippen molar-refractivity contribution in [1.29, 1.82) is 0 Å². The predicted octanol–water partition coefficient (Wildman–Crippen LogP) is 1.82. The molecule has 4 heteroatoms. The van der Waals surface area contributed by atoms with Gasteiger partial charge in [-0.05, 0) is 6.42 Å². The molecule has 0 amide bonds. The Morgan fingerprint density at radius 1 is 1.36 bits per heavy atom. The first-order valence-corrected chi connectivity index (χ1v) is 4.13. The van der Waals surface area contributed by atoms with Gasteiger partial charge >= 0.3 is 11.9 Å². The Morgan fingerprint density at radius 2 is 1.93 bits per heavy atom. The fourth-order valence-corrected chi connectivity index (χ4v) is 0.439. The summed E-state index contributed by atoms with van der Waals surface area (Å²) in [6.45, 7) is 8.32. The van der Waals surface area contributed by atoms with Crippen LogP contribution in [0.1, 0.15) is 19.8 Å². The summed E-state index contributed by atoms with van der Waals surface area (Å²) in [5, 5.41) is 0. The Balaban J connectivity index is 0. The van der Waals surface area contributed by atoms with Crippen LogP contribution in [0.25, 0.3) is 0 Å². The van der Waals surface area contributed by atoms with Crippen molar-refractivity contribution in [2.75, 3.05) is 7.11 Å². The third kappa shape index (κ3) is 13.0. The van der Waals surface area contributed by atoms with E-state index in [0.717, 1.165) is 18.8 Å². The lowest BCUT2D eigenvalue weighted by Gasteiger charge is -1.92. The van der Waals surface area contributed by atoms with Gasteiger partial charge in [0, 0.05) is 12.5 Å². The van der Waals surface area contributed by atoms with Gasteiger partial charge in [-0.3, -0.25) is 4.79 Å². The van der Waals surface area contributed by atoms with Gasteiger partial charge in [-0.25, -0.2) is 4.79 Å². The maximum Gasteiger partial charge on any atom is 0.329 e. The molecule has 0 saturated carbocycles. The number of hydrogen-bond acceptors (Lipinski definition) is 4. The third-order valence-electron chi connectivity index (χ3n) is 1.04. The lowest BCUT2D eigenvalue weighted by atomic mass is 10.3. The number of hydrogen-bond donors (Lipinski definition) is 0. The molecule has 0 atom stereocenters. The fourth-order valence-electron chi connectivity index (χ4n) is 0.439. The van der Waals surface area contributed by atoms with Gasteiger partial charge in [0.2, 0.25) is 0 Å². The van der Waals surface area contributed by atoms with Crippen LogP contribution in [0.2, 0.25) is 0 Å². The van der Waals surface area contributed by atoms with Crippen LogP contribution in [-0.2, 0) is 19.1 Å². The van der Waals surface area contributed by atoms with Gasteiger partial charge in [0.05, 0.1) is 13.4 Å². The van der Waals surface area contributed by atoms with E-state index in [9.17, 15) is 9.59 Å². The molecule has 4 nitrogen and oxygen atoms in total. The zero-order chi connectivity index (χ0) is 11.4. The van der Waals surface area contributed by atoms with Crippen molar-refractivity contribution in [3.05, 3.63) is 25.5 Å². The van der Waals surface area contributed by atoms with Crippen molar-refractivity contribution in [2.24, 2.45) is 0 Å². The summed E-state index contributed by atoms with van der Waals surface area (Å²) in [7, 11) is 1.31. The number of methoxy groups -OCH3 is 1. The van der Waals surface area contributed by atoms with Crippen LogP contribution in [0.4, 0.5) is 0 Å². The van der Waals surface area contributed by atoms with Crippen molar-refractivity contribution in [1.82, 2.24) is 0 Å². The number of ether oxygens (including phenoxy) is 2. The van der Waals surface area contributed by atoms with Crippen LogP contribution in [-0.4, -0.2) is 19.0 Å². The van der Waals surface area contributed by atoms with Crippen molar-refractivity contribution in [3.63, 3.8) is 0 Å². The summed E-state index contributed by atoms with van der Waals surface area (Å²) in [6, 6.07) is 0. The quantitative estimate of drug-likeness (QED) is 0.394. The number of esters is 2. The molecule has 0 aromatic carbocycles. The Labute approximate surface area is 84.2 Å². The van der Waals surface area contributed by atoms with Crippen molar-refractivity contribution in [3.8, 4) is 0 Å². The van der Waals surface area contributed by atoms with Crippen LogP contribution >= 0.6 is 0 Å². The molecule has 80 valence electrons. The van der Waals surface area contributed by atoms with E-state index < -0.39 is 5.97 Å². The van der Waals surface area contributed by atoms with Crippen molar-refractivity contribution >= 4 is 11.9 Å². The molecule has 0 heterocycles. The topological polar surface area (TPSA) is 52.6 Å². The molecule has 0 aromatic rings. The molecule has 0 rings (SSSR count). The monoisotopic (exact) mass is 200 g/mol. The molecule has 0 spiro atoms. The molecule has 0 N–H and O–H groups in total. The molecule has 0 bridgehead atoms. The first-order chi connectivity index (χ1) is 6.62. The second kappa shape index (κ2) is 11.4. The summed E-state index contributed by atoms with van der Waals surface area (Å²) < 4.78 is 8.55. The van der Waals surface area contributed by atoms with Gasteiger partial charge in [-0.15, -0.1) is 0 Å². The second-order valence-corrected chi connectivity index (χ2v) is 2.13. The van der Waals surface area contributed by atoms with Crippen LogP contribution in [0, 0.1) is 0 Å². The first-order valence-electron chi connectivity index (χ1n) is 4.13. The van der Waals surface area contributed by atoms with E-state index in [4.69, 9.17) is 0 Å². The highest BCUT2D eigenvalue weighted by atomic mass is 16.5. The minimum Gasteiger partial charge on any atom is -0.466 e. The van der Waals surface area contributed by atoms with E-state index in [-0.39, 0.29) is 5.97 Å². The molecule has 0 saturated heterocycles. The van der Waals surface area contributed by atoms with E-state index in [1.807, 2.05) is 6.92 Å². The van der Waals surface area contributed by atoms with E-state index in [1.165, 1.54) is 7.11 Å². The normalized spacial score (nSPS) is 7.57. The van der Waals surface area contributed by atoms with Crippen LogP contribution in [0.3, 0.4) is 0 Å². The summed E-state index contributed by atoms with van der Waals surface area (Å²) in [5.74, 6) is -0.600. The summed E-state index contributed by atoms with van der Waals surface area (Å²) in [4.78, 5) is 20.2. The van der Waals surface area contributed by atoms with Gasteiger partial charge in [0.15, 0.2) is 0 Å². The maximum absolute atomic E-state index is 10.3. The highest BCUT2D eigenvalue weighted by molar-refractivity contribution is 5.80. The zero-order valence-electron chi connectivity index (χ0n) is 8.62. The first kappa shape index (κ1) is 14.9. The van der Waals surface area contributed by atoms with Gasteiger partial charge in [0.1, 0.15) is 0 Å². The minimum absolute atomic E-state index is 0.206. The fraction of sp³-hybridized carbons (Fsp3) is 0.400. The van der Waals surface area contributed by atoms with Gasteiger partial charge in [-0.2, -0.15) is 0 Å². The minimum atomic E-state index is -0.394. The van der Waals surface area contributed by atoms with E-state index in [2.05, 4.69) is 22.6 Å². The lowest BCUT2D eigenvalue weighted by molar-refractivity contribution is -0.138. The van der Waals surface area contributed by atoms with Crippen molar-refractivity contribution in [2.45, 2.75) is 19.8 Å². The van der Waals surface area contributed by atoms with Crippen molar-refractivity contribution < 1.29 is 19.1 Å². The molecular formula is C10H16O4. The van der Waals surface area contributed by atoms with Gasteiger partial charge < -0.3 is 9.47 Å². The molecule has 0 unspecified atom stereocenters. The summed E-state index contributed by atoms with van der Waals surface area (Å²) in [5.41, 5.74) is 0. The third-order valence-corrected chi connectivity index (χ3v) is 1.04. The van der Waals surface area contributed by atoms with Crippen LogP contribution < -0.4 is 0 Å². The Hall–Kier alpha value is -1.58. The molecular weight excluding hydrogens is 184 g/mol. The van der Waals surface area contributed by atoms with E-state index in [0.29, 0.717) is 6.42 Å². The molecule has 14 heavy (non-hydrogen) atoms. The molecule has 0 aliphatic rings. The predicted molar refractivity (Wildman–Crippen MR) is 53.4 cm³/mol. The summed E-state index contributed by atoms with van der Waals surface area (Å²) in [6.07, 6.45) is 3.57. The van der Waals surface area contributed by atoms with E-state index in [1.54, 1.807) is 0 Å². The Morgan fingerprint density at radius 3 is 2.14 bits per heavy atom. The Bertz CT molecular complexity index is 196. The average molecular weight is 200 g/mol. The number of carbonyl (C=O) groups excluding carboxylic acids is 2. The SMILES string of the molecule is C=CC(=O)OC.C=COC(=O)CCC. The maximum atomic E-state index is 10.3. The summed E-state index contributed by atoms with van der Waals surface area (Å²) >= 11 is 0. The molecule has 0 aliphatic carbocycles. The number of rotatable bonds is 4. The largest absolute Gasteiger partial charge is 0.466 e. The molecule has 0 fully saturated rings. The molecule has 0 radical (unpaired) electrons.